The molecule has 7 heavy (non-hydrogen) atoms. The van der Waals surface area contributed by atoms with Gasteiger partial charge in [-0.15, -0.1) is 11.6 Å². The number of carbonyl (C=O) groups is 1. The second-order valence-electron chi connectivity index (χ2n) is 1.37. The first-order chi connectivity index (χ1) is 3.18. The molecule has 1 atom stereocenters. The summed E-state index contributed by atoms with van der Waals surface area (Å²) in [7, 11) is 0. The highest BCUT2D eigenvalue weighted by Crippen LogP contribution is 1.99. The van der Waals surface area contributed by atoms with Gasteiger partial charge in [-0.25, -0.2) is 0 Å². The summed E-state index contributed by atoms with van der Waals surface area (Å²) >= 11 is 5.39. The van der Waals surface area contributed by atoms with Crippen LogP contribution in [-0.4, -0.2) is 11.2 Å². The summed E-state index contributed by atoms with van der Waals surface area (Å²) in [5.74, 6) is -0.00309. The Balaban J connectivity index is 3.34. The van der Waals surface area contributed by atoms with Crippen LogP contribution in [0.15, 0.2) is 0 Å². The van der Waals surface area contributed by atoms with Gasteiger partial charge in [0.05, 0.1) is 5.38 Å². The van der Waals surface area contributed by atoms with Crippen molar-refractivity contribution in [2.75, 3.05) is 0 Å². The third-order valence-electron chi connectivity index (χ3n) is 0.695. The Kier molecular flexibility index (Phi) is 3.01. The molecule has 0 aliphatic carbocycles. The molecule has 0 aromatic carbocycles. The molecule has 2 heteroatoms. The van der Waals surface area contributed by atoms with Crippen molar-refractivity contribution >= 4 is 17.4 Å². The van der Waals surface area contributed by atoms with Crippen LogP contribution in [0.5, 0.6) is 0 Å². The molecule has 0 heterocycles. The van der Waals surface area contributed by atoms with Gasteiger partial charge in [0, 0.05) is 0 Å². The second kappa shape index (κ2) is 3.03. The average Bonchev–Trinajstić information content (AvgIpc) is 1.65. The molecule has 0 amide bonds. The quantitative estimate of drug-likeness (QED) is 0.503. The van der Waals surface area contributed by atoms with Crippen LogP contribution in [0.4, 0.5) is 0 Å². The normalized spacial score (nSPS) is 13.6. The highest BCUT2D eigenvalue weighted by Gasteiger charge is 2.04. The number of alkyl halides is 1. The third kappa shape index (κ3) is 2.63. The van der Waals surface area contributed by atoms with Crippen LogP contribution in [0.1, 0.15) is 13.3 Å². The minimum absolute atomic E-state index is 0.00309. The lowest BCUT2D eigenvalue weighted by Crippen LogP contribution is -2.07. The molecule has 0 aliphatic rings. The van der Waals surface area contributed by atoms with E-state index in [0.717, 1.165) is 0 Å². The van der Waals surface area contributed by atoms with Crippen molar-refractivity contribution < 1.29 is 4.79 Å². The Bertz CT molecular complexity index is 70.5. The van der Waals surface area contributed by atoms with E-state index in [1.807, 2.05) is 0 Å². The molecule has 0 spiro atoms. The van der Waals surface area contributed by atoms with Gasteiger partial charge in [-0.2, -0.15) is 0 Å². The van der Waals surface area contributed by atoms with E-state index < -0.39 is 0 Å². The van der Waals surface area contributed by atoms with Gasteiger partial charge in [-0.1, -0.05) is 6.92 Å². The molecule has 0 fully saturated rings. The molecular weight excluding hydrogens is 112 g/mol. The Morgan fingerprint density at radius 2 is 2.43 bits per heavy atom. The first kappa shape index (κ1) is 6.96. The average molecular weight is 120 g/mol. The van der Waals surface area contributed by atoms with E-state index >= 15 is 0 Å². The molecule has 1 radical (unpaired) electrons. The van der Waals surface area contributed by atoms with Gasteiger partial charge >= 0.3 is 0 Å². The summed E-state index contributed by atoms with van der Waals surface area (Å²) in [4.78, 5) is 10.2. The van der Waals surface area contributed by atoms with E-state index in [9.17, 15) is 4.79 Å². The van der Waals surface area contributed by atoms with E-state index in [1.54, 1.807) is 0 Å². The maximum atomic E-state index is 10.2. The topological polar surface area (TPSA) is 17.1 Å². The van der Waals surface area contributed by atoms with Gasteiger partial charge in [0.25, 0.3) is 0 Å². The minimum atomic E-state index is -0.375. The smallest absolute Gasteiger partial charge is 0.147 e. The summed E-state index contributed by atoms with van der Waals surface area (Å²) < 4.78 is 0. The van der Waals surface area contributed by atoms with Crippen molar-refractivity contribution in [3.8, 4) is 0 Å². The first-order valence-electron chi connectivity index (χ1n) is 2.12. The molecule has 0 rings (SSSR count). The van der Waals surface area contributed by atoms with E-state index in [1.165, 1.54) is 6.92 Å². The zero-order valence-electron chi connectivity index (χ0n) is 4.28. The number of ketones is 1. The number of rotatable bonds is 2. The zero-order chi connectivity index (χ0) is 5.86. The maximum absolute atomic E-state index is 10.2. The van der Waals surface area contributed by atoms with Crippen LogP contribution in [0.3, 0.4) is 0 Å². The van der Waals surface area contributed by atoms with E-state index in [4.69, 9.17) is 11.6 Å². The van der Waals surface area contributed by atoms with Crippen molar-refractivity contribution in [2.45, 2.75) is 18.7 Å². The van der Waals surface area contributed by atoms with Crippen molar-refractivity contribution in [1.82, 2.24) is 0 Å². The Labute approximate surface area is 48.7 Å². The van der Waals surface area contributed by atoms with Crippen LogP contribution in [-0.2, 0) is 4.79 Å². The molecule has 0 saturated carbocycles. The van der Waals surface area contributed by atoms with Gasteiger partial charge in [0.2, 0.25) is 0 Å². The Morgan fingerprint density at radius 3 is 2.43 bits per heavy atom. The zero-order valence-corrected chi connectivity index (χ0v) is 5.03. The predicted octanol–water partition coefficient (Wildman–Crippen LogP) is 1.41. The summed E-state index contributed by atoms with van der Waals surface area (Å²) in [5, 5.41) is -0.375. The monoisotopic (exact) mass is 119 g/mol. The number of carbonyl (C=O) groups excluding carboxylic acids is 1. The molecule has 0 aliphatic heterocycles. The largest absolute Gasteiger partial charge is 0.298 e. The number of halogens is 1. The Morgan fingerprint density at radius 1 is 2.00 bits per heavy atom. The van der Waals surface area contributed by atoms with Gasteiger partial charge in [0.15, 0.2) is 0 Å². The van der Waals surface area contributed by atoms with Gasteiger partial charge in [-0.3, -0.25) is 4.79 Å². The maximum Gasteiger partial charge on any atom is 0.147 e. The van der Waals surface area contributed by atoms with Crippen molar-refractivity contribution in [2.24, 2.45) is 0 Å². The summed E-state index contributed by atoms with van der Waals surface area (Å²) in [5.41, 5.74) is 0. The molecule has 0 aromatic heterocycles. The number of hydrogen-bond acceptors (Lipinski definition) is 1. The van der Waals surface area contributed by atoms with Crippen LogP contribution < -0.4 is 0 Å². The molecule has 0 saturated heterocycles. The predicted molar refractivity (Wildman–Crippen MR) is 30.3 cm³/mol. The summed E-state index contributed by atoms with van der Waals surface area (Å²) in [6.07, 6.45) is 0.483. The number of Topliss-reactive ketones (excluding diaryl/α,β-unsaturated/α-hetero) is 1. The fourth-order valence-electron chi connectivity index (χ4n) is 0.203. The highest BCUT2D eigenvalue weighted by molar-refractivity contribution is 6.30. The lowest BCUT2D eigenvalue weighted by atomic mass is 10.2. The molecule has 0 aromatic rings. The number of hydrogen-bond donors (Lipinski definition) is 0. The van der Waals surface area contributed by atoms with Gasteiger partial charge in [-0.05, 0) is 13.3 Å². The minimum Gasteiger partial charge on any atom is -0.298 e. The fourth-order valence-corrected chi connectivity index (χ4v) is 0.203. The van der Waals surface area contributed by atoms with Crippen molar-refractivity contribution in [1.29, 1.82) is 0 Å². The summed E-state index contributed by atoms with van der Waals surface area (Å²) in [6.45, 7) is 4.92. The Hall–Kier alpha value is -0.0400. The van der Waals surface area contributed by atoms with Crippen LogP contribution in [0, 0.1) is 6.92 Å². The van der Waals surface area contributed by atoms with Crippen LogP contribution in [0.25, 0.3) is 0 Å². The van der Waals surface area contributed by atoms with Gasteiger partial charge < -0.3 is 0 Å². The van der Waals surface area contributed by atoms with Gasteiger partial charge in [0.1, 0.15) is 5.78 Å². The van der Waals surface area contributed by atoms with Crippen LogP contribution in [0.2, 0.25) is 0 Å². The standard InChI is InChI=1S/C5H8ClO/c1-3-5(6)4(2)7/h5H,1,3H2,2H3. The molecule has 0 N–H and O–H groups in total. The lowest BCUT2D eigenvalue weighted by Gasteiger charge is -1.95. The van der Waals surface area contributed by atoms with Crippen molar-refractivity contribution in [3.63, 3.8) is 0 Å². The third-order valence-corrected chi connectivity index (χ3v) is 1.22. The van der Waals surface area contributed by atoms with E-state index in [2.05, 4.69) is 6.92 Å². The molecule has 0 bridgehead atoms. The fraction of sp³-hybridized carbons (Fsp3) is 0.600. The van der Waals surface area contributed by atoms with E-state index in [-0.39, 0.29) is 11.2 Å². The summed E-state index contributed by atoms with van der Waals surface area (Å²) in [6, 6.07) is 0. The van der Waals surface area contributed by atoms with E-state index in [0.29, 0.717) is 6.42 Å². The molecular formula is C5H8ClO. The lowest BCUT2D eigenvalue weighted by molar-refractivity contribution is -0.116. The highest BCUT2D eigenvalue weighted by atomic mass is 35.5. The SMILES string of the molecule is [CH2]CC(Cl)C(C)=O. The first-order valence-corrected chi connectivity index (χ1v) is 2.56. The molecule has 1 nitrogen and oxygen atoms in total. The molecule has 1 unspecified atom stereocenters. The second-order valence-corrected chi connectivity index (χ2v) is 1.89. The van der Waals surface area contributed by atoms with Crippen LogP contribution >= 0.6 is 11.6 Å². The molecule has 41 valence electrons. The van der Waals surface area contributed by atoms with Crippen molar-refractivity contribution in [3.05, 3.63) is 6.92 Å².